The number of H-pyrrole nitrogens is 1. The van der Waals surface area contributed by atoms with Crippen molar-refractivity contribution in [3.63, 3.8) is 0 Å². The maximum atomic E-state index is 9.74. The van der Waals surface area contributed by atoms with Crippen LogP contribution in [0.1, 0.15) is 19.3 Å². The number of rotatable bonds is 6. The molecular weight excluding hydrogens is 494 g/mol. The van der Waals surface area contributed by atoms with E-state index in [4.69, 9.17) is 9.97 Å². The number of hydrogen-bond acceptors (Lipinski definition) is 7. The molecule has 1 fully saturated rings. The molecule has 1 saturated carbocycles. The number of aromatic nitrogens is 6. The minimum atomic E-state index is 0.225. The molecule has 190 valence electrons. The Morgan fingerprint density at radius 1 is 1.11 bits per heavy atom. The van der Waals surface area contributed by atoms with Crippen LogP contribution < -0.4 is 5.32 Å². The summed E-state index contributed by atoms with van der Waals surface area (Å²) in [4.78, 5) is 16.7. The molecule has 0 amide bonds. The van der Waals surface area contributed by atoms with E-state index in [2.05, 4.69) is 56.9 Å². The number of anilines is 1. The highest BCUT2D eigenvalue weighted by Gasteiger charge is 2.28. The molecule has 4 heterocycles. The zero-order chi connectivity index (χ0) is 25.6. The van der Waals surface area contributed by atoms with Crippen LogP contribution in [0.25, 0.3) is 54.3 Å². The highest BCUT2D eigenvalue weighted by molar-refractivity contribution is 7.22. The molecule has 2 aromatic carbocycles. The van der Waals surface area contributed by atoms with E-state index in [9.17, 15) is 5.11 Å². The summed E-state index contributed by atoms with van der Waals surface area (Å²) in [6, 6.07) is 17.0. The summed E-state index contributed by atoms with van der Waals surface area (Å²) >= 11 is 1.67. The van der Waals surface area contributed by atoms with Crippen LogP contribution in [0.4, 0.5) is 5.82 Å². The average Bonchev–Trinajstić information content (AvgIpc) is 3.74. The minimum absolute atomic E-state index is 0.225. The van der Waals surface area contributed by atoms with Crippen molar-refractivity contribution in [1.82, 2.24) is 29.7 Å². The van der Waals surface area contributed by atoms with Gasteiger partial charge in [-0.25, -0.2) is 15.0 Å². The molecule has 1 aliphatic rings. The molecule has 9 heteroatoms. The van der Waals surface area contributed by atoms with Crippen LogP contribution in [0.5, 0.6) is 0 Å². The molecule has 0 radical (unpaired) electrons. The molecule has 0 unspecified atom stereocenters. The Morgan fingerprint density at radius 3 is 2.79 bits per heavy atom. The lowest BCUT2D eigenvalue weighted by Gasteiger charge is -2.16. The van der Waals surface area contributed by atoms with E-state index < -0.39 is 0 Å². The molecule has 0 bridgehead atoms. The first-order valence-corrected chi connectivity index (χ1v) is 13.7. The molecule has 2 atom stereocenters. The normalized spacial score (nSPS) is 17.5. The summed E-state index contributed by atoms with van der Waals surface area (Å²) in [6.07, 6.45) is 8.51. The molecular formula is C29H27N7OS. The Hall–Kier alpha value is -4.08. The summed E-state index contributed by atoms with van der Waals surface area (Å²) in [5.41, 5.74) is 4.34. The molecule has 0 saturated heterocycles. The predicted octanol–water partition coefficient (Wildman–Crippen LogP) is 5.88. The van der Waals surface area contributed by atoms with Crippen LogP contribution in [0.2, 0.25) is 0 Å². The van der Waals surface area contributed by atoms with E-state index in [1.54, 1.807) is 17.5 Å². The number of imidazole rings is 1. The van der Waals surface area contributed by atoms with Crippen LogP contribution in [0, 0.1) is 5.92 Å². The van der Waals surface area contributed by atoms with Crippen LogP contribution in [-0.4, -0.2) is 47.5 Å². The number of fused-ring (bicyclic) bond motifs is 2. The third-order valence-electron chi connectivity index (χ3n) is 7.50. The largest absolute Gasteiger partial charge is 0.396 e. The standard InChI is InChI=1S/C29H27N7OS/c1-36-13-12-30-28(36)27-33-26(32-19-11-10-17(14-19)16-37)24-23(18-6-3-2-4-7-18)25(38-29(24)34-27)20-8-5-9-22-21(20)15-31-35-22/h2-9,12-13,15,17,19,37H,10-11,14,16H2,1H3,(H,31,35)(H,32,33,34)/t17-,19+/m0/s1. The van der Waals surface area contributed by atoms with Gasteiger partial charge in [0.2, 0.25) is 0 Å². The average molecular weight is 522 g/mol. The number of aliphatic hydroxyl groups is 1. The lowest BCUT2D eigenvalue weighted by atomic mass is 9.98. The van der Waals surface area contributed by atoms with Crippen molar-refractivity contribution >= 4 is 38.3 Å². The second-order valence-electron chi connectivity index (χ2n) is 9.95. The molecule has 7 rings (SSSR count). The first-order valence-electron chi connectivity index (χ1n) is 12.9. The quantitative estimate of drug-likeness (QED) is 0.253. The second-order valence-corrected chi connectivity index (χ2v) is 10.9. The highest BCUT2D eigenvalue weighted by Crippen LogP contribution is 2.48. The van der Waals surface area contributed by atoms with Crippen molar-refractivity contribution in [1.29, 1.82) is 0 Å². The van der Waals surface area contributed by atoms with Gasteiger partial charge in [-0.15, -0.1) is 11.3 Å². The first kappa shape index (κ1) is 23.1. The van der Waals surface area contributed by atoms with Gasteiger partial charge in [-0.3, -0.25) is 5.10 Å². The number of nitrogens with zero attached hydrogens (tertiary/aromatic N) is 5. The molecule has 4 aromatic heterocycles. The predicted molar refractivity (Wildman–Crippen MR) is 152 cm³/mol. The van der Waals surface area contributed by atoms with Crippen LogP contribution >= 0.6 is 11.3 Å². The SMILES string of the molecule is Cn1ccnc1-c1nc(N[C@@H]2CC[C@H](CO)C2)c2c(-c3ccccc3)c(-c3cccc4[nH]ncc34)sc2n1. The number of nitrogens with one attached hydrogen (secondary N) is 2. The fourth-order valence-electron chi connectivity index (χ4n) is 5.59. The highest BCUT2D eigenvalue weighted by atomic mass is 32.1. The maximum absolute atomic E-state index is 9.74. The van der Waals surface area contributed by atoms with Crippen LogP contribution in [0.15, 0.2) is 67.1 Å². The smallest absolute Gasteiger partial charge is 0.199 e. The summed E-state index contributed by atoms with van der Waals surface area (Å²) in [7, 11) is 1.96. The summed E-state index contributed by atoms with van der Waals surface area (Å²) in [6.45, 7) is 0.225. The van der Waals surface area contributed by atoms with Crippen LogP contribution in [-0.2, 0) is 7.05 Å². The first-order chi connectivity index (χ1) is 18.7. The Morgan fingerprint density at radius 2 is 2.00 bits per heavy atom. The number of aliphatic hydroxyl groups excluding tert-OH is 1. The Kier molecular flexibility index (Phi) is 5.67. The van der Waals surface area contributed by atoms with Crippen molar-refractivity contribution in [2.75, 3.05) is 11.9 Å². The summed E-state index contributed by atoms with van der Waals surface area (Å²) in [5, 5.41) is 23.0. The van der Waals surface area contributed by atoms with E-state index >= 15 is 0 Å². The molecule has 38 heavy (non-hydrogen) atoms. The zero-order valence-corrected chi connectivity index (χ0v) is 21.7. The van der Waals surface area contributed by atoms with Crippen molar-refractivity contribution in [2.45, 2.75) is 25.3 Å². The van der Waals surface area contributed by atoms with E-state index in [1.807, 2.05) is 36.1 Å². The topological polar surface area (TPSA) is 105 Å². The number of thiophene rings is 1. The van der Waals surface area contributed by atoms with Crippen molar-refractivity contribution in [3.05, 3.63) is 67.1 Å². The van der Waals surface area contributed by atoms with Gasteiger partial charge in [0.15, 0.2) is 11.6 Å². The van der Waals surface area contributed by atoms with Gasteiger partial charge >= 0.3 is 0 Å². The van der Waals surface area contributed by atoms with E-state index in [0.29, 0.717) is 11.7 Å². The monoisotopic (exact) mass is 521 g/mol. The van der Waals surface area contributed by atoms with Crippen LogP contribution in [0.3, 0.4) is 0 Å². The van der Waals surface area contributed by atoms with Gasteiger partial charge in [0.05, 0.1) is 17.1 Å². The third-order valence-corrected chi connectivity index (χ3v) is 8.62. The minimum Gasteiger partial charge on any atom is -0.396 e. The number of benzene rings is 2. The number of aryl methyl sites for hydroxylation is 1. The summed E-state index contributed by atoms with van der Waals surface area (Å²) in [5.74, 6) is 2.46. The lowest BCUT2D eigenvalue weighted by Crippen LogP contribution is -2.18. The Bertz CT molecular complexity index is 1750. The maximum Gasteiger partial charge on any atom is 0.199 e. The molecule has 6 aromatic rings. The molecule has 0 aliphatic heterocycles. The fourth-order valence-corrected chi connectivity index (χ4v) is 6.82. The zero-order valence-electron chi connectivity index (χ0n) is 20.9. The van der Waals surface area contributed by atoms with Crippen molar-refractivity contribution in [2.24, 2.45) is 13.0 Å². The molecule has 3 N–H and O–H groups in total. The third kappa shape index (κ3) is 3.86. The van der Waals surface area contributed by atoms with E-state index in [1.165, 1.54) is 0 Å². The van der Waals surface area contributed by atoms with Gasteiger partial charge < -0.3 is 15.0 Å². The van der Waals surface area contributed by atoms with Gasteiger partial charge in [0.1, 0.15) is 10.6 Å². The molecule has 8 nitrogen and oxygen atoms in total. The van der Waals surface area contributed by atoms with Gasteiger partial charge in [0.25, 0.3) is 0 Å². The van der Waals surface area contributed by atoms with Gasteiger partial charge in [-0.2, -0.15) is 5.10 Å². The summed E-state index contributed by atoms with van der Waals surface area (Å²) < 4.78 is 1.95. The van der Waals surface area contributed by atoms with Crippen molar-refractivity contribution in [3.8, 4) is 33.2 Å². The lowest BCUT2D eigenvalue weighted by molar-refractivity contribution is 0.229. The van der Waals surface area contributed by atoms with Crippen molar-refractivity contribution < 1.29 is 5.11 Å². The second kappa shape index (κ2) is 9.34. The van der Waals surface area contributed by atoms with Gasteiger partial charge in [-0.05, 0) is 36.8 Å². The van der Waals surface area contributed by atoms with E-state index in [-0.39, 0.29) is 12.6 Å². The van der Waals surface area contributed by atoms with E-state index in [0.717, 1.165) is 73.6 Å². The Labute approximate surface area is 223 Å². The Balaban J connectivity index is 1.51. The van der Waals surface area contributed by atoms with Gasteiger partial charge in [-0.1, -0.05) is 42.5 Å². The van der Waals surface area contributed by atoms with Gasteiger partial charge in [0, 0.05) is 53.5 Å². The number of aromatic amines is 1. The molecule has 0 spiro atoms. The fraction of sp³-hybridized carbons (Fsp3) is 0.241. The molecule has 1 aliphatic carbocycles. The number of hydrogen-bond donors (Lipinski definition) is 3.